The Morgan fingerprint density at radius 1 is 1.38 bits per heavy atom. The van der Waals surface area contributed by atoms with Gasteiger partial charge in [-0.25, -0.2) is 9.36 Å². The summed E-state index contributed by atoms with van der Waals surface area (Å²) in [5, 5.41) is 6.37. The average Bonchev–Trinajstić information content (AvgIpc) is 3.13. The summed E-state index contributed by atoms with van der Waals surface area (Å²) in [6.45, 7) is 1.44. The molecule has 10 heteroatoms. The van der Waals surface area contributed by atoms with E-state index >= 15 is 0 Å². The van der Waals surface area contributed by atoms with Crippen LogP contribution in [0.1, 0.15) is 0 Å². The number of ether oxygens (including phenoxy) is 1. The number of methoxy groups -OCH3 is 1. The molecule has 2 aromatic rings. The van der Waals surface area contributed by atoms with Crippen LogP contribution >= 0.6 is 11.8 Å². The van der Waals surface area contributed by atoms with Crippen LogP contribution in [0.4, 0.5) is 5.82 Å². The summed E-state index contributed by atoms with van der Waals surface area (Å²) >= 11 is 1.26. The number of amidine groups is 1. The van der Waals surface area contributed by atoms with E-state index in [0.717, 1.165) is 12.6 Å². The lowest BCUT2D eigenvalue weighted by Gasteiger charge is -2.15. The molecule has 1 amide bonds. The van der Waals surface area contributed by atoms with Crippen LogP contribution in [0.25, 0.3) is 5.69 Å². The van der Waals surface area contributed by atoms with Crippen molar-refractivity contribution in [2.75, 3.05) is 31.3 Å². The second-order valence-electron chi connectivity index (χ2n) is 5.28. The molecular weight excluding hydrogens is 358 g/mol. The molecule has 1 aliphatic rings. The Bertz CT molecular complexity index is 966. The number of nitrogens with zero attached hydrogens (tertiary/aromatic N) is 2. The number of thioether (sulfide) groups is 1. The highest BCUT2D eigenvalue weighted by Gasteiger charge is 2.15. The van der Waals surface area contributed by atoms with Crippen LogP contribution in [0.5, 0.6) is 5.75 Å². The molecule has 0 radical (unpaired) electrons. The number of hydrogen-bond donors (Lipinski definition) is 3. The van der Waals surface area contributed by atoms with E-state index in [1.807, 2.05) is 0 Å². The van der Waals surface area contributed by atoms with Gasteiger partial charge in [-0.2, -0.15) is 0 Å². The fourth-order valence-corrected chi connectivity index (χ4v) is 3.15. The van der Waals surface area contributed by atoms with Crippen LogP contribution in [-0.4, -0.2) is 46.6 Å². The summed E-state index contributed by atoms with van der Waals surface area (Å²) in [5.74, 6) is 0.227. The van der Waals surface area contributed by atoms with Crippen LogP contribution in [0, 0.1) is 0 Å². The summed E-state index contributed by atoms with van der Waals surface area (Å²) in [7, 11) is 1.47. The smallest absolute Gasteiger partial charge is 0.334 e. The third-order valence-electron chi connectivity index (χ3n) is 3.52. The van der Waals surface area contributed by atoms with Gasteiger partial charge in [0, 0.05) is 12.6 Å². The number of benzene rings is 1. The molecule has 0 atom stereocenters. The number of H-pyrrole nitrogens is 1. The predicted molar refractivity (Wildman–Crippen MR) is 101 cm³/mol. The molecule has 26 heavy (non-hydrogen) atoms. The second-order valence-corrected chi connectivity index (χ2v) is 6.25. The summed E-state index contributed by atoms with van der Waals surface area (Å²) < 4.78 is 6.46. The molecule has 0 fully saturated rings. The number of amides is 1. The van der Waals surface area contributed by atoms with Crippen molar-refractivity contribution in [2.24, 2.45) is 4.99 Å². The van der Waals surface area contributed by atoms with Crippen molar-refractivity contribution >= 4 is 28.7 Å². The van der Waals surface area contributed by atoms with Gasteiger partial charge in [0.05, 0.1) is 25.1 Å². The summed E-state index contributed by atoms with van der Waals surface area (Å²) in [6.07, 6.45) is 0. The molecule has 0 aliphatic carbocycles. The number of rotatable bonds is 5. The fraction of sp³-hybridized carbons (Fsp3) is 0.250. The van der Waals surface area contributed by atoms with Crippen molar-refractivity contribution < 1.29 is 9.53 Å². The molecule has 1 aromatic carbocycles. The van der Waals surface area contributed by atoms with E-state index in [4.69, 9.17) is 4.74 Å². The maximum absolute atomic E-state index is 12.3. The van der Waals surface area contributed by atoms with E-state index in [9.17, 15) is 14.4 Å². The van der Waals surface area contributed by atoms with E-state index in [1.165, 1.54) is 23.4 Å². The maximum atomic E-state index is 12.3. The van der Waals surface area contributed by atoms with Crippen LogP contribution < -0.4 is 26.6 Å². The molecule has 3 rings (SSSR count). The SMILES string of the molecule is COc1ccccc1-n1c(NC(=O)CSC2=NCCN2)cc(=O)[nH]c1=O. The first-order valence-electron chi connectivity index (χ1n) is 7.79. The lowest BCUT2D eigenvalue weighted by molar-refractivity contribution is -0.113. The molecule has 0 unspecified atom stereocenters. The standard InChI is InChI=1S/C16H17N5O4S/c1-25-11-5-3-2-4-10(11)21-12(8-13(22)20-16(21)24)19-14(23)9-26-15-17-6-7-18-15/h2-5,8H,6-7,9H2,1H3,(H,17,18)(H,19,23)(H,20,22,24). The first kappa shape index (κ1) is 17.8. The van der Waals surface area contributed by atoms with Gasteiger partial charge in [-0.15, -0.1) is 0 Å². The number of aromatic nitrogens is 2. The molecule has 9 nitrogen and oxygen atoms in total. The molecule has 2 heterocycles. The lowest BCUT2D eigenvalue weighted by atomic mass is 10.3. The quantitative estimate of drug-likeness (QED) is 0.686. The summed E-state index contributed by atoms with van der Waals surface area (Å²) in [6, 6.07) is 7.96. The van der Waals surface area contributed by atoms with Gasteiger partial charge in [0.2, 0.25) is 5.91 Å². The third-order valence-corrected chi connectivity index (χ3v) is 4.47. The lowest BCUT2D eigenvalue weighted by Crippen LogP contribution is -2.32. The maximum Gasteiger partial charge on any atom is 0.334 e. The Balaban J connectivity index is 1.90. The molecule has 1 aromatic heterocycles. The summed E-state index contributed by atoms with van der Waals surface area (Å²) in [5.41, 5.74) is -0.876. The number of aromatic amines is 1. The van der Waals surface area contributed by atoms with Crippen molar-refractivity contribution in [2.45, 2.75) is 0 Å². The van der Waals surface area contributed by atoms with E-state index in [0.29, 0.717) is 23.1 Å². The van der Waals surface area contributed by atoms with Gasteiger partial charge in [0.15, 0.2) is 5.17 Å². The number of anilines is 1. The Morgan fingerprint density at radius 3 is 2.92 bits per heavy atom. The molecule has 1 aliphatic heterocycles. The number of hydrogen-bond acceptors (Lipinski definition) is 7. The topological polar surface area (TPSA) is 118 Å². The minimum Gasteiger partial charge on any atom is -0.495 e. The average molecular weight is 375 g/mol. The van der Waals surface area contributed by atoms with Crippen LogP contribution in [0.3, 0.4) is 0 Å². The monoisotopic (exact) mass is 375 g/mol. The van der Waals surface area contributed by atoms with E-state index < -0.39 is 11.2 Å². The van der Waals surface area contributed by atoms with E-state index in [-0.39, 0.29) is 17.5 Å². The van der Waals surface area contributed by atoms with Gasteiger partial charge in [0.1, 0.15) is 11.6 Å². The van der Waals surface area contributed by atoms with Crippen LogP contribution in [-0.2, 0) is 4.79 Å². The highest BCUT2D eigenvalue weighted by Crippen LogP contribution is 2.23. The first-order valence-corrected chi connectivity index (χ1v) is 8.78. The first-order chi connectivity index (χ1) is 12.6. The largest absolute Gasteiger partial charge is 0.495 e. The van der Waals surface area contributed by atoms with E-state index in [1.54, 1.807) is 24.3 Å². The van der Waals surface area contributed by atoms with Crippen LogP contribution in [0.15, 0.2) is 44.9 Å². The Hall–Kier alpha value is -3.01. The molecular formula is C16H17N5O4S. The van der Waals surface area contributed by atoms with Crippen molar-refractivity contribution in [3.8, 4) is 11.4 Å². The number of aliphatic imine (C=N–C) groups is 1. The summed E-state index contributed by atoms with van der Waals surface area (Å²) in [4.78, 5) is 42.7. The Morgan fingerprint density at radius 2 is 2.19 bits per heavy atom. The Kier molecular flexibility index (Phi) is 5.42. The predicted octanol–water partition coefficient (Wildman–Crippen LogP) is 0.165. The minimum atomic E-state index is -0.674. The number of carbonyl (C=O) groups excluding carboxylic acids is 1. The molecule has 3 N–H and O–H groups in total. The second kappa shape index (κ2) is 7.91. The molecule has 0 saturated carbocycles. The highest BCUT2D eigenvalue weighted by molar-refractivity contribution is 8.14. The van der Waals surface area contributed by atoms with Gasteiger partial charge in [-0.3, -0.25) is 19.6 Å². The zero-order valence-electron chi connectivity index (χ0n) is 13.9. The van der Waals surface area contributed by atoms with Crippen molar-refractivity contribution in [1.82, 2.24) is 14.9 Å². The zero-order valence-corrected chi connectivity index (χ0v) is 14.8. The third kappa shape index (κ3) is 3.97. The van der Waals surface area contributed by atoms with E-state index in [2.05, 4.69) is 20.6 Å². The number of nitrogens with one attached hydrogen (secondary N) is 3. The van der Waals surface area contributed by atoms with Gasteiger partial charge < -0.3 is 15.4 Å². The highest BCUT2D eigenvalue weighted by atomic mass is 32.2. The molecule has 136 valence electrons. The zero-order chi connectivity index (χ0) is 18.5. The van der Waals surface area contributed by atoms with Gasteiger partial charge in [-0.05, 0) is 12.1 Å². The molecule has 0 spiro atoms. The number of carbonyl (C=O) groups is 1. The fourth-order valence-electron chi connectivity index (χ4n) is 2.43. The molecule has 0 saturated heterocycles. The van der Waals surface area contributed by atoms with Crippen molar-refractivity contribution in [3.63, 3.8) is 0 Å². The van der Waals surface area contributed by atoms with Gasteiger partial charge >= 0.3 is 5.69 Å². The Labute approximate surface area is 152 Å². The van der Waals surface area contributed by atoms with Gasteiger partial charge in [-0.1, -0.05) is 23.9 Å². The molecule has 0 bridgehead atoms. The van der Waals surface area contributed by atoms with Crippen molar-refractivity contribution in [3.05, 3.63) is 51.2 Å². The van der Waals surface area contributed by atoms with Gasteiger partial charge in [0.25, 0.3) is 5.56 Å². The normalized spacial score (nSPS) is 13.0. The van der Waals surface area contributed by atoms with Crippen LogP contribution in [0.2, 0.25) is 0 Å². The minimum absolute atomic E-state index is 0.0650. The van der Waals surface area contributed by atoms with Crippen molar-refractivity contribution in [1.29, 1.82) is 0 Å². The number of para-hydroxylation sites is 2.